The Kier molecular flexibility index (Phi) is 3.18. The van der Waals surface area contributed by atoms with Gasteiger partial charge in [-0.1, -0.05) is 5.16 Å². The van der Waals surface area contributed by atoms with Gasteiger partial charge in [0.2, 0.25) is 0 Å². The molecule has 90 valence electrons. The van der Waals surface area contributed by atoms with Crippen LogP contribution in [0.4, 0.5) is 0 Å². The first kappa shape index (κ1) is 11.3. The molecule has 0 amide bonds. The Morgan fingerprint density at radius 2 is 1.65 bits per heavy atom. The summed E-state index contributed by atoms with van der Waals surface area (Å²) >= 11 is 0. The maximum Gasteiger partial charge on any atom is 0.174 e. The lowest BCUT2D eigenvalue weighted by Gasteiger charge is -2.12. The molecule has 0 radical (unpaired) electrons. The van der Waals surface area contributed by atoms with Gasteiger partial charge in [-0.15, -0.1) is 0 Å². The summed E-state index contributed by atoms with van der Waals surface area (Å²) in [5.74, 6) is 2.46. The summed E-state index contributed by atoms with van der Waals surface area (Å²) in [4.78, 5) is 0. The highest BCUT2D eigenvalue weighted by atomic mass is 16.5. The highest BCUT2D eigenvalue weighted by Crippen LogP contribution is 2.41. The third-order valence-corrected chi connectivity index (χ3v) is 2.40. The standard InChI is InChI=1S/C12H13NO4/c1-14-8-6-10(15-2)12(11(7-8)16-3)9-4-5-13-17-9/h4-7H,1-3H3. The van der Waals surface area contributed by atoms with E-state index in [4.69, 9.17) is 18.7 Å². The van der Waals surface area contributed by atoms with Gasteiger partial charge in [0, 0.05) is 18.2 Å². The molecule has 2 aromatic rings. The largest absolute Gasteiger partial charge is 0.496 e. The van der Waals surface area contributed by atoms with Gasteiger partial charge >= 0.3 is 0 Å². The summed E-state index contributed by atoms with van der Waals surface area (Å²) in [6.45, 7) is 0. The first-order valence-electron chi connectivity index (χ1n) is 5.01. The molecule has 0 spiro atoms. The minimum Gasteiger partial charge on any atom is -0.496 e. The van der Waals surface area contributed by atoms with E-state index >= 15 is 0 Å². The van der Waals surface area contributed by atoms with Crippen LogP contribution in [0.1, 0.15) is 0 Å². The molecule has 0 aliphatic heterocycles. The smallest absolute Gasteiger partial charge is 0.174 e. The number of aromatic nitrogens is 1. The molecule has 0 N–H and O–H groups in total. The molecular weight excluding hydrogens is 222 g/mol. The molecular formula is C12H13NO4. The van der Waals surface area contributed by atoms with Crippen molar-refractivity contribution in [1.82, 2.24) is 5.16 Å². The van der Waals surface area contributed by atoms with Crippen LogP contribution in [-0.2, 0) is 0 Å². The summed E-state index contributed by atoms with van der Waals surface area (Å²) < 4.78 is 20.9. The van der Waals surface area contributed by atoms with E-state index in [1.165, 1.54) is 0 Å². The van der Waals surface area contributed by atoms with Crippen molar-refractivity contribution in [3.05, 3.63) is 24.4 Å². The average Bonchev–Trinajstić information content (AvgIpc) is 2.90. The Morgan fingerprint density at radius 1 is 1.00 bits per heavy atom. The molecule has 0 saturated carbocycles. The van der Waals surface area contributed by atoms with E-state index in [0.29, 0.717) is 28.6 Å². The number of rotatable bonds is 4. The number of ether oxygens (including phenoxy) is 3. The molecule has 5 nitrogen and oxygen atoms in total. The number of methoxy groups -OCH3 is 3. The minimum absolute atomic E-state index is 0.585. The first-order valence-corrected chi connectivity index (χ1v) is 5.01. The van der Waals surface area contributed by atoms with E-state index in [2.05, 4.69) is 5.16 Å². The van der Waals surface area contributed by atoms with Gasteiger partial charge in [0.25, 0.3) is 0 Å². The van der Waals surface area contributed by atoms with E-state index in [-0.39, 0.29) is 0 Å². The van der Waals surface area contributed by atoms with Crippen molar-refractivity contribution in [3.8, 4) is 28.6 Å². The van der Waals surface area contributed by atoms with Gasteiger partial charge in [0.1, 0.15) is 22.8 Å². The zero-order valence-electron chi connectivity index (χ0n) is 9.89. The Morgan fingerprint density at radius 3 is 2.06 bits per heavy atom. The van der Waals surface area contributed by atoms with Crippen LogP contribution in [0.2, 0.25) is 0 Å². The van der Waals surface area contributed by atoms with Crippen LogP contribution < -0.4 is 14.2 Å². The van der Waals surface area contributed by atoms with Gasteiger partial charge in [0.15, 0.2) is 5.76 Å². The Balaban J connectivity index is 2.63. The van der Waals surface area contributed by atoms with E-state index in [9.17, 15) is 0 Å². The first-order chi connectivity index (χ1) is 8.30. The molecule has 0 aliphatic carbocycles. The maximum absolute atomic E-state index is 5.31. The Bertz CT molecular complexity index is 468. The fourth-order valence-corrected chi connectivity index (χ4v) is 1.59. The fourth-order valence-electron chi connectivity index (χ4n) is 1.59. The van der Waals surface area contributed by atoms with Crippen molar-refractivity contribution in [2.45, 2.75) is 0 Å². The van der Waals surface area contributed by atoms with E-state index in [1.807, 2.05) is 0 Å². The van der Waals surface area contributed by atoms with Gasteiger partial charge in [-0.2, -0.15) is 0 Å². The zero-order chi connectivity index (χ0) is 12.3. The van der Waals surface area contributed by atoms with E-state index in [0.717, 1.165) is 0 Å². The van der Waals surface area contributed by atoms with E-state index < -0.39 is 0 Å². The lowest BCUT2D eigenvalue weighted by molar-refractivity contribution is 0.372. The second-order valence-corrected chi connectivity index (χ2v) is 3.28. The lowest BCUT2D eigenvalue weighted by atomic mass is 10.1. The van der Waals surface area contributed by atoms with Gasteiger partial charge in [0.05, 0.1) is 27.5 Å². The third-order valence-electron chi connectivity index (χ3n) is 2.40. The van der Waals surface area contributed by atoms with Gasteiger partial charge < -0.3 is 18.7 Å². The number of hydrogen-bond donors (Lipinski definition) is 0. The SMILES string of the molecule is COc1cc(OC)c(-c2ccno2)c(OC)c1. The summed E-state index contributed by atoms with van der Waals surface area (Å²) in [6.07, 6.45) is 1.57. The molecule has 0 saturated heterocycles. The highest BCUT2D eigenvalue weighted by Gasteiger charge is 2.17. The summed E-state index contributed by atoms with van der Waals surface area (Å²) in [6, 6.07) is 5.27. The number of nitrogens with zero attached hydrogens (tertiary/aromatic N) is 1. The molecule has 2 rings (SSSR count). The van der Waals surface area contributed by atoms with Crippen LogP contribution >= 0.6 is 0 Å². The highest BCUT2D eigenvalue weighted by molar-refractivity contribution is 5.74. The van der Waals surface area contributed by atoms with Crippen molar-refractivity contribution in [3.63, 3.8) is 0 Å². The topological polar surface area (TPSA) is 53.7 Å². The van der Waals surface area contributed by atoms with Crippen LogP contribution in [0.3, 0.4) is 0 Å². The predicted octanol–water partition coefficient (Wildman–Crippen LogP) is 2.37. The minimum atomic E-state index is 0.585. The van der Waals surface area contributed by atoms with Gasteiger partial charge in [-0.25, -0.2) is 0 Å². The Labute approximate surface area is 98.9 Å². The average molecular weight is 235 g/mol. The molecule has 0 atom stereocenters. The monoisotopic (exact) mass is 235 g/mol. The van der Waals surface area contributed by atoms with E-state index in [1.54, 1.807) is 45.7 Å². The third kappa shape index (κ3) is 2.04. The quantitative estimate of drug-likeness (QED) is 0.814. The molecule has 0 unspecified atom stereocenters. The molecule has 1 aromatic carbocycles. The Hall–Kier alpha value is -2.17. The second-order valence-electron chi connectivity index (χ2n) is 3.28. The lowest BCUT2D eigenvalue weighted by Crippen LogP contribution is -1.94. The number of benzene rings is 1. The second kappa shape index (κ2) is 4.78. The van der Waals surface area contributed by atoms with Crippen molar-refractivity contribution in [2.75, 3.05) is 21.3 Å². The van der Waals surface area contributed by atoms with Crippen molar-refractivity contribution < 1.29 is 18.7 Å². The van der Waals surface area contributed by atoms with Gasteiger partial charge in [-0.05, 0) is 0 Å². The molecule has 5 heteroatoms. The van der Waals surface area contributed by atoms with Crippen LogP contribution in [0, 0.1) is 0 Å². The van der Waals surface area contributed by atoms with Crippen molar-refractivity contribution in [1.29, 1.82) is 0 Å². The predicted molar refractivity (Wildman–Crippen MR) is 61.6 cm³/mol. The summed E-state index contributed by atoms with van der Waals surface area (Å²) in [5.41, 5.74) is 0.716. The molecule has 1 heterocycles. The number of hydrogen-bond acceptors (Lipinski definition) is 5. The summed E-state index contributed by atoms with van der Waals surface area (Å²) in [7, 11) is 4.74. The zero-order valence-corrected chi connectivity index (χ0v) is 9.89. The molecule has 0 aliphatic rings. The van der Waals surface area contributed by atoms with Crippen molar-refractivity contribution >= 4 is 0 Å². The van der Waals surface area contributed by atoms with Gasteiger partial charge in [-0.3, -0.25) is 0 Å². The molecule has 0 fully saturated rings. The van der Waals surface area contributed by atoms with Crippen LogP contribution in [0.25, 0.3) is 11.3 Å². The molecule has 17 heavy (non-hydrogen) atoms. The summed E-state index contributed by atoms with van der Waals surface area (Å²) in [5, 5.41) is 3.67. The van der Waals surface area contributed by atoms with Crippen molar-refractivity contribution in [2.24, 2.45) is 0 Å². The van der Waals surface area contributed by atoms with Crippen LogP contribution in [0.5, 0.6) is 17.2 Å². The fraction of sp³-hybridized carbons (Fsp3) is 0.250. The maximum atomic E-state index is 5.31. The molecule has 1 aromatic heterocycles. The van der Waals surface area contributed by atoms with Crippen LogP contribution in [0.15, 0.2) is 28.9 Å². The molecule has 0 bridgehead atoms. The normalized spacial score (nSPS) is 10.1. The van der Waals surface area contributed by atoms with Crippen LogP contribution in [-0.4, -0.2) is 26.5 Å².